The van der Waals surface area contributed by atoms with E-state index in [1.54, 1.807) is 45.0 Å². The highest BCUT2D eigenvalue weighted by molar-refractivity contribution is 6.00. The van der Waals surface area contributed by atoms with Gasteiger partial charge in [0.15, 0.2) is 12.1 Å². The van der Waals surface area contributed by atoms with Gasteiger partial charge in [0.05, 0.1) is 49.4 Å². The molecule has 326 valence electrons. The number of benzene rings is 1. The van der Waals surface area contributed by atoms with Gasteiger partial charge in [0.1, 0.15) is 42.7 Å². The summed E-state index contributed by atoms with van der Waals surface area (Å²) in [6.07, 6.45) is -5.09. The lowest BCUT2D eigenvalue weighted by Crippen LogP contribution is -2.59. The monoisotopic (exact) mass is 820 g/mol. The van der Waals surface area contributed by atoms with Gasteiger partial charge in [-0.3, -0.25) is 14.4 Å². The van der Waals surface area contributed by atoms with Crippen LogP contribution in [0.4, 0.5) is 0 Å². The van der Waals surface area contributed by atoms with E-state index in [0.717, 1.165) is 0 Å². The summed E-state index contributed by atoms with van der Waals surface area (Å²) in [7, 11) is 3.71. The van der Waals surface area contributed by atoms with E-state index in [9.17, 15) is 29.7 Å². The maximum Gasteiger partial charge on any atom is 0.316 e. The number of aliphatic hydroxyl groups is 3. The lowest BCUT2D eigenvalue weighted by molar-refractivity contribution is -0.296. The summed E-state index contributed by atoms with van der Waals surface area (Å²) >= 11 is 0. The quantitative estimate of drug-likeness (QED) is 0.109. The highest BCUT2D eigenvalue weighted by Gasteiger charge is 2.52. The molecule has 0 unspecified atom stereocenters. The third kappa shape index (κ3) is 11.6. The van der Waals surface area contributed by atoms with Crippen molar-refractivity contribution in [3.05, 3.63) is 35.4 Å². The second kappa shape index (κ2) is 20.6. The van der Waals surface area contributed by atoms with Gasteiger partial charge < -0.3 is 59.3 Å². The number of nitrogens with two attached hydrogens (primary N) is 1. The number of likely N-dealkylation sites (N-methyl/N-ethyl adjacent to an activating group) is 1. The first kappa shape index (κ1) is 47.1. The first-order chi connectivity index (χ1) is 27.3. The first-order valence-corrected chi connectivity index (χ1v) is 20.1. The Morgan fingerprint density at radius 2 is 1.74 bits per heavy atom. The highest BCUT2D eigenvalue weighted by Crippen LogP contribution is 2.39. The van der Waals surface area contributed by atoms with Gasteiger partial charge in [-0.1, -0.05) is 43.2 Å². The van der Waals surface area contributed by atoms with Crippen molar-refractivity contribution in [2.75, 3.05) is 40.5 Å². The molecule has 0 aliphatic carbocycles. The molecule has 12 atom stereocenters. The number of primary amides is 1. The van der Waals surface area contributed by atoms with E-state index in [0.29, 0.717) is 23.3 Å². The van der Waals surface area contributed by atoms with E-state index < -0.39 is 77.3 Å². The number of amides is 1. The predicted molar refractivity (Wildman–Crippen MR) is 212 cm³/mol. The molecule has 0 spiro atoms. The number of oxime groups is 2. The molecule has 3 saturated heterocycles. The molecule has 1 aromatic rings. The van der Waals surface area contributed by atoms with E-state index in [1.165, 1.54) is 13.8 Å². The molecule has 0 aromatic heterocycles. The standard InChI is InChI=1S/C41H64N4O13/c1-10-32-41(7,51)33-18-30(44-54-16-15-46)23(2)19-40(6,53-22-29(21-52-33)43-55-20-27-11-13-28(14-12-27)37(42)49)36(25(4)34(47)26(5)38(50)57-32)58-39-35(48)31(45(8)9)17-24(3)56-39/h11-14,23-26,31-33,35-36,39,46,48,51H,10,15-22H2,1-9H3,(H2,42,49)/b43-29-,44-30-/t23-,24-,25+,26-,31+,32+,33+,35-,36-,39+,40-,41-/m1/s1. The summed E-state index contributed by atoms with van der Waals surface area (Å²) < 4.78 is 32.2. The van der Waals surface area contributed by atoms with Crippen LogP contribution in [0.2, 0.25) is 0 Å². The maximum atomic E-state index is 14.4. The van der Waals surface area contributed by atoms with E-state index in [2.05, 4.69) is 10.3 Å². The largest absolute Gasteiger partial charge is 0.459 e. The maximum absolute atomic E-state index is 14.4. The van der Waals surface area contributed by atoms with Crippen molar-refractivity contribution in [1.82, 2.24) is 4.90 Å². The number of nitrogens with zero attached hydrogens (tertiary/aromatic N) is 3. The second-order valence-electron chi connectivity index (χ2n) is 16.4. The van der Waals surface area contributed by atoms with Crippen LogP contribution in [0.25, 0.3) is 0 Å². The smallest absolute Gasteiger partial charge is 0.316 e. The van der Waals surface area contributed by atoms with E-state index in [-0.39, 0.29) is 70.2 Å². The van der Waals surface area contributed by atoms with Gasteiger partial charge in [0, 0.05) is 29.9 Å². The predicted octanol–water partition coefficient (Wildman–Crippen LogP) is 2.35. The van der Waals surface area contributed by atoms with Crippen molar-refractivity contribution < 1.29 is 63.1 Å². The number of ketones is 1. The molecule has 3 fully saturated rings. The molecule has 3 aliphatic heterocycles. The van der Waals surface area contributed by atoms with Crippen LogP contribution in [-0.4, -0.2) is 144 Å². The van der Waals surface area contributed by atoms with Crippen LogP contribution < -0.4 is 5.73 Å². The van der Waals surface area contributed by atoms with Crippen molar-refractivity contribution in [2.45, 2.75) is 135 Å². The van der Waals surface area contributed by atoms with Crippen LogP contribution in [0.15, 0.2) is 34.6 Å². The minimum atomic E-state index is -1.83. The molecule has 17 heteroatoms. The van der Waals surface area contributed by atoms with Crippen molar-refractivity contribution in [3.63, 3.8) is 0 Å². The minimum absolute atomic E-state index is 0.00782. The highest BCUT2D eigenvalue weighted by atomic mass is 16.7. The third-order valence-corrected chi connectivity index (χ3v) is 11.5. The molecular weight excluding hydrogens is 756 g/mol. The first-order valence-electron chi connectivity index (χ1n) is 20.1. The van der Waals surface area contributed by atoms with Crippen molar-refractivity contribution in [3.8, 4) is 0 Å². The fourth-order valence-corrected chi connectivity index (χ4v) is 7.92. The Morgan fingerprint density at radius 3 is 2.36 bits per heavy atom. The number of carbonyl (C=O) groups excluding carboxylic acids is 3. The Bertz CT molecular complexity index is 1600. The normalized spacial score (nSPS) is 37.1. The van der Waals surface area contributed by atoms with Crippen molar-refractivity contribution in [1.29, 1.82) is 0 Å². The van der Waals surface area contributed by atoms with Crippen LogP contribution >= 0.6 is 0 Å². The van der Waals surface area contributed by atoms with Gasteiger partial charge in [-0.2, -0.15) is 0 Å². The van der Waals surface area contributed by atoms with Crippen LogP contribution in [-0.2, 0) is 49.6 Å². The molecule has 2 bridgehead atoms. The Balaban J connectivity index is 1.88. The van der Waals surface area contributed by atoms with E-state index >= 15 is 0 Å². The summed E-state index contributed by atoms with van der Waals surface area (Å²) in [5.74, 6) is -4.68. The SMILES string of the molecule is CC[C@@H]1OC(=O)[C@H](C)C(=O)[C@H](C)[C@@H](O[C@@H]2O[C@H](C)C[C@H](N(C)C)[C@H]2O)[C@@]2(C)C[C@@H](C)/C(=N\OCCO)C[C@H](OC/C(=N/OCc3ccc(C(N)=O)cc3)CO2)[C@]1(C)O. The fourth-order valence-electron chi connectivity index (χ4n) is 7.92. The average molecular weight is 821 g/mol. The molecular formula is C41H64N4O13. The molecule has 1 aromatic carbocycles. The van der Waals surface area contributed by atoms with Crippen LogP contribution in [0.5, 0.6) is 0 Å². The van der Waals surface area contributed by atoms with Gasteiger partial charge in [-0.25, -0.2) is 0 Å². The fraction of sp³-hybridized carbons (Fsp3) is 0.732. The third-order valence-electron chi connectivity index (χ3n) is 11.5. The molecule has 0 saturated carbocycles. The zero-order valence-corrected chi connectivity index (χ0v) is 35.3. The summed E-state index contributed by atoms with van der Waals surface area (Å²) in [6.45, 7) is 11.1. The Hall–Kier alpha value is -3.55. The minimum Gasteiger partial charge on any atom is -0.459 e. The zero-order valence-electron chi connectivity index (χ0n) is 35.3. The molecule has 0 radical (unpaired) electrons. The molecule has 4 rings (SSSR count). The Morgan fingerprint density at radius 1 is 1.05 bits per heavy atom. The molecule has 5 N–H and O–H groups in total. The number of esters is 1. The van der Waals surface area contributed by atoms with E-state index in [1.807, 2.05) is 32.8 Å². The summed E-state index contributed by atoms with van der Waals surface area (Å²) in [5, 5.41) is 42.2. The van der Waals surface area contributed by atoms with Gasteiger partial charge in [-0.05, 0) is 78.7 Å². The molecule has 1 amide bonds. The average Bonchev–Trinajstić information content (AvgIpc) is 3.20. The number of ether oxygens (including phenoxy) is 5. The van der Waals surface area contributed by atoms with Crippen molar-refractivity contribution in [2.24, 2.45) is 33.8 Å². The van der Waals surface area contributed by atoms with Gasteiger partial charge in [0.25, 0.3) is 0 Å². The zero-order chi connectivity index (χ0) is 42.9. The van der Waals surface area contributed by atoms with Gasteiger partial charge >= 0.3 is 5.97 Å². The molecule has 3 aliphatic rings. The van der Waals surface area contributed by atoms with Gasteiger partial charge in [0.2, 0.25) is 5.91 Å². The van der Waals surface area contributed by atoms with Crippen LogP contribution in [0.3, 0.4) is 0 Å². The molecule has 58 heavy (non-hydrogen) atoms. The van der Waals surface area contributed by atoms with Crippen LogP contribution in [0, 0.1) is 17.8 Å². The molecule has 3 heterocycles. The van der Waals surface area contributed by atoms with E-state index in [4.69, 9.17) is 39.1 Å². The van der Waals surface area contributed by atoms with Gasteiger partial charge in [-0.15, -0.1) is 0 Å². The number of hydrogen-bond acceptors (Lipinski definition) is 16. The second-order valence-corrected chi connectivity index (χ2v) is 16.4. The number of fused-ring (bicyclic) bond motifs is 5. The Kier molecular flexibility index (Phi) is 16.8. The Labute approximate surface area is 341 Å². The van der Waals surface area contributed by atoms with Crippen molar-refractivity contribution >= 4 is 29.1 Å². The summed E-state index contributed by atoms with van der Waals surface area (Å²) in [5.41, 5.74) is 3.92. The number of cyclic esters (lactones) is 1. The number of rotatable bonds is 11. The number of hydrogen-bond donors (Lipinski definition) is 4. The topological polar surface area (TPSA) is 230 Å². The summed E-state index contributed by atoms with van der Waals surface area (Å²) in [6, 6.07) is 6.21. The number of aliphatic hydroxyl groups excluding tert-OH is 2. The molecule has 17 nitrogen and oxygen atoms in total. The lowest BCUT2D eigenvalue weighted by Gasteiger charge is -2.47. The summed E-state index contributed by atoms with van der Waals surface area (Å²) in [4.78, 5) is 53.0. The lowest BCUT2D eigenvalue weighted by atomic mass is 9.76. The number of Topliss-reactive ketones (excluding diaryl/α,β-unsaturated/α-hetero) is 1. The van der Waals surface area contributed by atoms with Crippen LogP contribution in [0.1, 0.15) is 90.1 Å². The number of carbonyl (C=O) groups is 3.